The number of phenolic OH excluding ortho intramolecular Hbond substituents is 1. The maximum Gasteiger partial charge on any atom is 0.115 e. The number of rotatable bonds is 16. The zero-order valence-corrected chi connectivity index (χ0v) is 22.1. The summed E-state index contributed by atoms with van der Waals surface area (Å²) in [6.07, 6.45) is 5.80. The molecule has 0 spiro atoms. The molecule has 2 aliphatic carbocycles. The maximum atomic E-state index is 10.3. The van der Waals surface area contributed by atoms with Crippen molar-refractivity contribution >= 4 is 0 Å². The highest BCUT2D eigenvalue weighted by Crippen LogP contribution is 2.56. The highest BCUT2D eigenvalue weighted by atomic mass is 16.6. The minimum Gasteiger partial charge on any atom is -0.508 e. The number of phenols is 1. The molecule has 8 nitrogen and oxygen atoms in total. The summed E-state index contributed by atoms with van der Waals surface area (Å²) in [7, 11) is 3.93. The fourth-order valence-electron chi connectivity index (χ4n) is 6.49. The Labute approximate surface area is 216 Å². The summed E-state index contributed by atoms with van der Waals surface area (Å²) < 4.78 is 33.3. The third kappa shape index (κ3) is 6.98. The average Bonchev–Trinajstić information content (AvgIpc) is 2.88. The minimum absolute atomic E-state index is 0.124. The van der Waals surface area contributed by atoms with Gasteiger partial charge in [0.15, 0.2) is 0 Å². The van der Waals surface area contributed by atoms with Gasteiger partial charge >= 0.3 is 0 Å². The van der Waals surface area contributed by atoms with E-state index < -0.39 is 0 Å². The van der Waals surface area contributed by atoms with Gasteiger partial charge in [-0.15, -0.1) is 0 Å². The molecule has 1 aliphatic heterocycles. The molecule has 3 aliphatic rings. The van der Waals surface area contributed by atoms with Gasteiger partial charge in [0.05, 0.1) is 72.2 Å². The molecule has 1 saturated carbocycles. The van der Waals surface area contributed by atoms with Gasteiger partial charge < -0.3 is 38.4 Å². The average molecular weight is 508 g/mol. The molecule has 0 amide bonds. The van der Waals surface area contributed by atoms with Crippen LogP contribution >= 0.6 is 0 Å². The summed E-state index contributed by atoms with van der Waals surface area (Å²) in [5.41, 5.74) is 2.91. The number of nitrogens with zero attached hydrogens (tertiary/aromatic N) is 1. The van der Waals surface area contributed by atoms with Crippen molar-refractivity contribution in [2.24, 2.45) is 5.92 Å². The minimum atomic E-state index is 0.124. The number of aromatic hydroxyl groups is 1. The monoisotopic (exact) mass is 507 g/mol. The molecule has 0 radical (unpaired) electrons. The standard InChI is InChI=1S/C28H45NO7/c1-29-8-7-28-21-24(5-6-25(28)27(29)19-22-3-4-23(30)20-26(22)28)36-18-17-35-16-15-34-14-13-33-12-11-32-10-9-31-2/h3-4,20,24-25,27,30H,5-19,21H2,1-2H3/t24-,25+,27-,28+/m1/s1. The van der Waals surface area contributed by atoms with Gasteiger partial charge in [0, 0.05) is 18.6 Å². The van der Waals surface area contributed by atoms with Crippen LogP contribution in [-0.4, -0.2) is 109 Å². The maximum absolute atomic E-state index is 10.3. The lowest BCUT2D eigenvalue weighted by Gasteiger charge is -2.59. The van der Waals surface area contributed by atoms with Gasteiger partial charge in [-0.1, -0.05) is 6.07 Å². The normalized spacial score (nSPS) is 27.6. The molecule has 8 heteroatoms. The van der Waals surface area contributed by atoms with Crippen LogP contribution in [0, 0.1) is 5.92 Å². The molecule has 4 atom stereocenters. The van der Waals surface area contributed by atoms with E-state index in [-0.39, 0.29) is 11.5 Å². The summed E-state index contributed by atoms with van der Waals surface area (Å²) in [5.74, 6) is 1.03. The van der Waals surface area contributed by atoms with Crippen molar-refractivity contribution in [2.75, 3.05) is 86.8 Å². The van der Waals surface area contributed by atoms with Crippen LogP contribution in [0.3, 0.4) is 0 Å². The first-order chi connectivity index (χ1) is 17.6. The molecule has 36 heavy (non-hydrogen) atoms. The third-order valence-electron chi connectivity index (χ3n) is 8.23. The van der Waals surface area contributed by atoms with E-state index in [4.69, 9.17) is 28.4 Å². The Morgan fingerprint density at radius 3 is 2.19 bits per heavy atom. The summed E-state index contributed by atoms with van der Waals surface area (Å²) >= 11 is 0. The number of hydrogen-bond donors (Lipinski definition) is 1. The van der Waals surface area contributed by atoms with Crippen LogP contribution < -0.4 is 0 Å². The Hall–Kier alpha value is -1.26. The molecule has 1 aromatic rings. The van der Waals surface area contributed by atoms with E-state index in [1.165, 1.54) is 17.5 Å². The van der Waals surface area contributed by atoms with E-state index in [1.807, 2.05) is 12.1 Å². The van der Waals surface area contributed by atoms with Crippen molar-refractivity contribution in [3.8, 4) is 5.75 Å². The molecule has 1 heterocycles. The SMILES string of the molecule is COCCOCCOCCOCCOCCO[C@@H]1CC[C@H]2[C@H]3Cc4ccc(O)cc4[C@@]2(CCN3C)C1. The highest BCUT2D eigenvalue weighted by molar-refractivity contribution is 5.45. The second kappa shape index (κ2) is 14.0. The Morgan fingerprint density at radius 2 is 1.53 bits per heavy atom. The number of likely N-dealkylation sites (N-methyl/N-ethyl adjacent to an activating group) is 1. The number of piperidine rings is 1. The Kier molecular flexibility index (Phi) is 10.8. The molecule has 2 bridgehead atoms. The first-order valence-electron chi connectivity index (χ1n) is 13.6. The number of ether oxygens (including phenoxy) is 6. The highest BCUT2D eigenvalue weighted by Gasteiger charge is 2.55. The third-order valence-corrected chi connectivity index (χ3v) is 8.23. The van der Waals surface area contributed by atoms with Crippen LogP contribution in [-0.2, 0) is 40.3 Å². The molecule has 4 rings (SSSR count). The van der Waals surface area contributed by atoms with E-state index in [0.717, 1.165) is 32.2 Å². The number of fused-ring (bicyclic) bond motifs is 1. The van der Waals surface area contributed by atoms with Gasteiger partial charge in [0.2, 0.25) is 0 Å². The first-order valence-corrected chi connectivity index (χ1v) is 13.6. The van der Waals surface area contributed by atoms with Crippen molar-refractivity contribution < 1.29 is 33.5 Å². The lowest BCUT2D eigenvalue weighted by atomic mass is 9.52. The summed E-state index contributed by atoms with van der Waals surface area (Å²) in [6.45, 7) is 6.84. The number of benzene rings is 1. The quantitative estimate of drug-likeness (QED) is 0.342. The van der Waals surface area contributed by atoms with Gasteiger partial charge in [-0.05, 0) is 74.9 Å². The smallest absolute Gasteiger partial charge is 0.115 e. The first kappa shape index (κ1) is 27.8. The topological polar surface area (TPSA) is 78.9 Å². The Bertz CT molecular complexity index is 793. The van der Waals surface area contributed by atoms with E-state index in [1.54, 1.807) is 7.11 Å². The van der Waals surface area contributed by atoms with E-state index in [9.17, 15) is 5.11 Å². The number of hydrogen-bond acceptors (Lipinski definition) is 8. The van der Waals surface area contributed by atoms with Gasteiger partial charge in [-0.25, -0.2) is 0 Å². The lowest BCUT2D eigenvalue weighted by molar-refractivity contribution is -0.0774. The van der Waals surface area contributed by atoms with Crippen molar-refractivity contribution in [3.63, 3.8) is 0 Å². The second-order valence-electron chi connectivity index (χ2n) is 10.3. The van der Waals surface area contributed by atoms with Gasteiger partial charge in [0.25, 0.3) is 0 Å². The fraction of sp³-hybridized carbons (Fsp3) is 0.786. The van der Waals surface area contributed by atoms with Gasteiger partial charge in [-0.3, -0.25) is 0 Å². The molecule has 1 aromatic carbocycles. The molecule has 0 unspecified atom stereocenters. The predicted octanol–water partition coefficient (Wildman–Crippen LogP) is 2.79. The largest absolute Gasteiger partial charge is 0.508 e. The second-order valence-corrected chi connectivity index (χ2v) is 10.3. The van der Waals surface area contributed by atoms with Crippen molar-refractivity contribution in [2.45, 2.75) is 49.7 Å². The van der Waals surface area contributed by atoms with Crippen molar-refractivity contribution in [1.82, 2.24) is 4.90 Å². The van der Waals surface area contributed by atoms with Gasteiger partial charge in [-0.2, -0.15) is 0 Å². The van der Waals surface area contributed by atoms with Gasteiger partial charge in [0.1, 0.15) is 5.75 Å². The molecule has 1 N–H and O–H groups in total. The molecule has 204 valence electrons. The van der Waals surface area contributed by atoms with Crippen LogP contribution in [0.4, 0.5) is 0 Å². The molecule has 0 aromatic heterocycles. The van der Waals surface area contributed by atoms with E-state index in [2.05, 4.69) is 18.0 Å². The summed E-state index contributed by atoms with van der Waals surface area (Å²) in [5, 5.41) is 10.3. The number of likely N-dealkylation sites (tertiary alicyclic amines) is 1. The summed E-state index contributed by atoms with van der Waals surface area (Å²) in [6, 6.07) is 6.62. The van der Waals surface area contributed by atoms with Crippen LogP contribution in [0.15, 0.2) is 18.2 Å². The summed E-state index contributed by atoms with van der Waals surface area (Å²) in [4.78, 5) is 2.56. The van der Waals surface area contributed by atoms with E-state index >= 15 is 0 Å². The van der Waals surface area contributed by atoms with Crippen LogP contribution in [0.25, 0.3) is 0 Å². The molecular formula is C28H45NO7. The zero-order valence-electron chi connectivity index (χ0n) is 22.1. The molecular weight excluding hydrogens is 462 g/mol. The van der Waals surface area contributed by atoms with Crippen molar-refractivity contribution in [1.29, 1.82) is 0 Å². The number of methoxy groups -OCH3 is 1. The van der Waals surface area contributed by atoms with Crippen molar-refractivity contribution in [3.05, 3.63) is 29.3 Å². The Balaban J connectivity index is 1.10. The lowest BCUT2D eigenvalue weighted by Crippen LogP contribution is -2.61. The fourth-order valence-corrected chi connectivity index (χ4v) is 6.49. The zero-order chi connectivity index (χ0) is 25.2. The van der Waals surface area contributed by atoms with Crippen LogP contribution in [0.2, 0.25) is 0 Å². The molecule has 2 fully saturated rings. The predicted molar refractivity (Wildman–Crippen MR) is 137 cm³/mol. The van der Waals surface area contributed by atoms with Crippen LogP contribution in [0.1, 0.15) is 36.8 Å². The Morgan fingerprint density at radius 1 is 0.889 bits per heavy atom. The van der Waals surface area contributed by atoms with E-state index in [0.29, 0.717) is 83.8 Å². The molecule has 1 saturated heterocycles. The van der Waals surface area contributed by atoms with Crippen LogP contribution in [0.5, 0.6) is 5.75 Å².